The van der Waals surface area contributed by atoms with Crippen LogP contribution in [0.4, 0.5) is 4.39 Å². The zero-order valence-corrected chi connectivity index (χ0v) is 14.6. The number of hydrogen-bond acceptors (Lipinski definition) is 3. The van der Waals surface area contributed by atoms with Gasteiger partial charge in [-0.15, -0.1) is 0 Å². The Balaban J connectivity index is 1.42. The molecule has 2 aromatic carbocycles. The quantitative estimate of drug-likeness (QED) is 0.894. The van der Waals surface area contributed by atoms with E-state index in [0.717, 1.165) is 25.5 Å². The van der Waals surface area contributed by atoms with Crippen molar-refractivity contribution >= 4 is 5.91 Å². The first kappa shape index (κ1) is 17.0. The monoisotopic (exact) mass is 354 g/mol. The number of carbonyl (C=O) groups excluding carboxylic acids is 1. The highest BCUT2D eigenvalue weighted by atomic mass is 19.1. The van der Waals surface area contributed by atoms with Gasteiger partial charge in [0.15, 0.2) is 11.6 Å². The van der Waals surface area contributed by atoms with Gasteiger partial charge in [-0.2, -0.15) is 0 Å². The molecule has 26 heavy (non-hydrogen) atoms. The highest BCUT2D eigenvalue weighted by Crippen LogP contribution is 2.38. The lowest BCUT2D eigenvalue weighted by Gasteiger charge is -2.39. The van der Waals surface area contributed by atoms with Crippen molar-refractivity contribution in [3.63, 3.8) is 0 Å². The van der Waals surface area contributed by atoms with Gasteiger partial charge in [0.2, 0.25) is 5.91 Å². The van der Waals surface area contributed by atoms with Crippen molar-refractivity contribution in [2.75, 3.05) is 0 Å². The molecule has 0 radical (unpaired) electrons. The molecule has 5 heteroatoms. The van der Waals surface area contributed by atoms with Crippen LogP contribution in [-0.4, -0.2) is 29.0 Å². The Morgan fingerprint density at radius 2 is 1.81 bits per heavy atom. The molecule has 2 aliphatic heterocycles. The van der Waals surface area contributed by atoms with Gasteiger partial charge >= 0.3 is 0 Å². The third-order valence-electron chi connectivity index (χ3n) is 5.56. The van der Waals surface area contributed by atoms with Crippen molar-refractivity contribution in [3.8, 4) is 5.75 Å². The summed E-state index contributed by atoms with van der Waals surface area (Å²) in [5.41, 5.74) is 6.68. The molecule has 136 valence electrons. The Morgan fingerprint density at radius 3 is 2.42 bits per heavy atom. The van der Waals surface area contributed by atoms with E-state index in [2.05, 4.69) is 29.2 Å². The number of fused-ring (bicyclic) bond motifs is 2. The molecule has 1 unspecified atom stereocenters. The molecule has 3 atom stereocenters. The molecule has 2 saturated heterocycles. The second kappa shape index (κ2) is 7.08. The summed E-state index contributed by atoms with van der Waals surface area (Å²) in [4.78, 5) is 13.7. The van der Waals surface area contributed by atoms with Gasteiger partial charge in [0.05, 0.1) is 0 Å². The van der Waals surface area contributed by atoms with Crippen LogP contribution in [0, 0.1) is 5.82 Å². The molecule has 1 amide bonds. The maximum atomic E-state index is 14.2. The number of ether oxygens (including phenoxy) is 1. The van der Waals surface area contributed by atoms with Crippen LogP contribution in [0.25, 0.3) is 0 Å². The zero-order chi connectivity index (χ0) is 18.1. The lowest BCUT2D eigenvalue weighted by atomic mass is 9.98. The fraction of sp³-hybridized carbons (Fsp3) is 0.381. The Bertz CT molecular complexity index is 782. The fourth-order valence-electron chi connectivity index (χ4n) is 4.30. The average Bonchev–Trinajstić information content (AvgIpc) is 2.87. The molecule has 0 saturated carbocycles. The molecule has 4 rings (SSSR count). The van der Waals surface area contributed by atoms with Crippen LogP contribution in [0.5, 0.6) is 5.75 Å². The molecule has 0 spiro atoms. The summed E-state index contributed by atoms with van der Waals surface area (Å²) in [7, 11) is 0. The van der Waals surface area contributed by atoms with E-state index in [1.54, 1.807) is 0 Å². The first-order valence-corrected chi connectivity index (χ1v) is 9.16. The molecular weight excluding hydrogens is 331 g/mol. The molecule has 2 N–H and O–H groups in total. The third kappa shape index (κ3) is 3.44. The highest BCUT2D eigenvalue weighted by Gasteiger charge is 2.41. The number of carbonyl (C=O) groups is 1. The van der Waals surface area contributed by atoms with E-state index in [0.29, 0.717) is 12.1 Å². The van der Waals surface area contributed by atoms with E-state index in [1.165, 1.54) is 30.5 Å². The highest BCUT2D eigenvalue weighted by molar-refractivity contribution is 5.92. The molecule has 4 nitrogen and oxygen atoms in total. The Kier molecular flexibility index (Phi) is 4.64. The summed E-state index contributed by atoms with van der Waals surface area (Å²) < 4.78 is 20.1. The first-order chi connectivity index (χ1) is 12.6. The van der Waals surface area contributed by atoms with Gasteiger partial charge in [0.25, 0.3) is 0 Å². The summed E-state index contributed by atoms with van der Waals surface area (Å²) >= 11 is 0. The van der Waals surface area contributed by atoms with E-state index in [4.69, 9.17) is 10.5 Å². The van der Waals surface area contributed by atoms with E-state index >= 15 is 0 Å². The Morgan fingerprint density at radius 1 is 1.12 bits per heavy atom. The number of piperidine rings is 1. The van der Waals surface area contributed by atoms with Crippen molar-refractivity contribution in [1.29, 1.82) is 0 Å². The lowest BCUT2D eigenvalue weighted by molar-refractivity contribution is 0.0426. The minimum atomic E-state index is -0.636. The van der Waals surface area contributed by atoms with Gasteiger partial charge < -0.3 is 10.5 Å². The van der Waals surface area contributed by atoms with Crippen molar-refractivity contribution in [3.05, 3.63) is 65.5 Å². The van der Waals surface area contributed by atoms with Crippen LogP contribution in [0.3, 0.4) is 0 Å². The van der Waals surface area contributed by atoms with Gasteiger partial charge in [-0.25, -0.2) is 4.39 Å². The van der Waals surface area contributed by atoms with Crippen molar-refractivity contribution in [2.45, 2.75) is 50.4 Å². The van der Waals surface area contributed by atoms with Crippen molar-refractivity contribution < 1.29 is 13.9 Å². The van der Waals surface area contributed by atoms with E-state index in [9.17, 15) is 9.18 Å². The third-order valence-corrected chi connectivity index (χ3v) is 5.56. The van der Waals surface area contributed by atoms with Crippen LogP contribution in [-0.2, 0) is 6.54 Å². The van der Waals surface area contributed by atoms with Gasteiger partial charge in [-0.05, 0) is 49.4 Å². The maximum absolute atomic E-state index is 14.2. The number of primary amides is 1. The smallest absolute Gasteiger partial charge is 0.248 e. The maximum Gasteiger partial charge on any atom is 0.248 e. The van der Waals surface area contributed by atoms with Gasteiger partial charge in [-0.3, -0.25) is 9.69 Å². The van der Waals surface area contributed by atoms with Crippen LogP contribution in [0.1, 0.15) is 41.6 Å². The Hall–Kier alpha value is -2.40. The van der Waals surface area contributed by atoms with Crippen molar-refractivity contribution in [2.24, 2.45) is 5.73 Å². The van der Waals surface area contributed by atoms with Crippen LogP contribution >= 0.6 is 0 Å². The second-order valence-electron chi connectivity index (χ2n) is 7.26. The van der Waals surface area contributed by atoms with E-state index < -0.39 is 11.7 Å². The predicted molar refractivity (Wildman–Crippen MR) is 97.4 cm³/mol. The molecule has 2 heterocycles. The van der Waals surface area contributed by atoms with Crippen LogP contribution in [0.15, 0.2) is 48.5 Å². The topological polar surface area (TPSA) is 55.6 Å². The average molecular weight is 354 g/mol. The summed E-state index contributed by atoms with van der Waals surface area (Å²) in [6.45, 7) is 0.963. The molecule has 2 bridgehead atoms. The number of amides is 1. The van der Waals surface area contributed by atoms with Gasteiger partial charge in [0.1, 0.15) is 6.10 Å². The van der Waals surface area contributed by atoms with Gasteiger partial charge in [-0.1, -0.05) is 30.3 Å². The minimum absolute atomic E-state index is 0.00783. The number of halogens is 1. The molecule has 2 aromatic rings. The largest absolute Gasteiger partial charge is 0.487 e. The predicted octanol–water partition coefficient (Wildman–Crippen LogP) is 3.50. The number of nitrogens with two attached hydrogens (primary N) is 1. The summed E-state index contributed by atoms with van der Waals surface area (Å²) in [6, 6.07) is 15.6. The first-order valence-electron chi connectivity index (χ1n) is 9.16. The normalized spacial score (nSPS) is 25.2. The number of benzene rings is 2. The summed E-state index contributed by atoms with van der Waals surface area (Å²) in [5, 5.41) is 0. The minimum Gasteiger partial charge on any atom is -0.487 e. The van der Waals surface area contributed by atoms with Crippen LogP contribution in [0.2, 0.25) is 0 Å². The number of hydrogen-bond donors (Lipinski definition) is 1. The molecule has 2 fully saturated rings. The molecule has 0 aromatic heterocycles. The lowest BCUT2D eigenvalue weighted by Crippen LogP contribution is -2.45. The fourth-order valence-corrected chi connectivity index (χ4v) is 4.30. The SMILES string of the molecule is NC(=O)c1ccc(OC2C[C@H]3CC[C@@H](C2)N3Cc2ccccc2)c(F)c1. The number of nitrogens with zero attached hydrogens (tertiary/aromatic N) is 1. The summed E-state index contributed by atoms with van der Waals surface area (Å²) in [6.07, 6.45) is 4.15. The van der Waals surface area contributed by atoms with E-state index in [-0.39, 0.29) is 17.4 Å². The van der Waals surface area contributed by atoms with Crippen LogP contribution < -0.4 is 10.5 Å². The molecule has 0 aliphatic carbocycles. The van der Waals surface area contributed by atoms with Gasteiger partial charge in [0, 0.05) is 24.2 Å². The standard InChI is InChI=1S/C21H23FN2O2/c22-19-10-15(21(23)25)6-9-20(19)26-18-11-16-7-8-17(12-18)24(16)13-14-4-2-1-3-5-14/h1-6,9-10,16-18H,7-8,11-13H2,(H2,23,25)/t16-,17+,18?. The zero-order valence-electron chi connectivity index (χ0n) is 14.6. The van der Waals surface area contributed by atoms with Crippen molar-refractivity contribution in [1.82, 2.24) is 4.90 Å². The number of rotatable bonds is 5. The summed E-state index contributed by atoms with van der Waals surface area (Å²) in [5.74, 6) is -0.959. The Labute approximate surface area is 152 Å². The van der Waals surface area contributed by atoms with E-state index in [1.807, 2.05) is 6.07 Å². The molecule has 2 aliphatic rings. The second-order valence-corrected chi connectivity index (χ2v) is 7.26. The molecular formula is C21H23FN2O2.